The Hall–Kier alpha value is 0.910. The van der Waals surface area contributed by atoms with Crippen LogP contribution in [0, 0.1) is 0 Å². The van der Waals surface area contributed by atoms with Gasteiger partial charge in [-0.25, -0.2) is 0 Å². The Kier molecular flexibility index (Phi) is 20.1. The average molecular weight is 143 g/mol. The Morgan fingerprint density at radius 1 is 1.25 bits per heavy atom. The van der Waals surface area contributed by atoms with Gasteiger partial charge in [-0.3, -0.25) is 0 Å². The molecular weight excluding hydrogens is 135 g/mol. The highest BCUT2D eigenvalue weighted by atomic mass is 79.9. The Morgan fingerprint density at radius 2 is 1.25 bits per heavy atom. The topological polar surface area (TPSA) is 0 Å². The lowest BCUT2D eigenvalue weighted by atomic mass is 11.9. The summed E-state index contributed by atoms with van der Waals surface area (Å²) in [6.07, 6.45) is 0. The zero-order chi connectivity index (χ0) is 2.71. The third kappa shape index (κ3) is 12.8. The van der Waals surface area contributed by atoms with Gasteiger partial charge in [-0.2, -0.15) is 0 Å². The molecule has 0 aliphatic carbocycles. The van der Waals surface area contributed by atoms with Gasteiger partial charge >= 0.3 is 0 Å². The molecule has 4 heavy (non-hydrogen) atoms. The van der Waals surface area contributed by atoms with Crippen molar-refractivity contribution in [1.29, 1.82) is 0 Å². The molecule has 2 heteroatoms. The molecule has 0 amide bonds. The first kappa shape index (κ1) is 8.86. The van der Waals surface area contributed by atoms with E-state index in [1.54, 1.807) is 0 Å². The minimum absolute atomic E-state index is 0. The van der Waals surface area contributed by atoms with Crippen LogP contribution in [0.5, 0.6) is 0 Å². The van der Waals surface area contributed by atoms with Crippen LogP contribution >= 0.6 is 8.58 Å². The molecule has 0 saturated heterocycles. The van der Waals surface area contributed by atoms with Crippen LogP contribution in [0.25, 0.3) is 0 Å². The lowest BCUT2D eigenvalue weighted by molar-refractivity contribution is -0.000000738. The number of hydrogen-bond donors (Lipinski definition) is 0. The molecule has 0 rings (SSSR count). The highest BCUT2D eigenvalue weighted by Crippen LogP contribution is 1.84. The average Bonchev–Trinajstić information content (AvgIpc) is 0.918. The summed E-state index contributed by atoms with van der Waals surface area (Å²) in [6, 6.07) is 0. The second kappa shape index (κ2) is 9.08. The quantitative estimate of drug-likeness (QED) is 0.333. The molecule has 0 aliphatic heterocycles. The van der Waals surface area contributed by atoms with E-state index in [0.717, 1.165) is 8.58 Å². The predicted molar refractivity (Wildman–Crippen MR) is 21.6 cm³/mol. The molecule has 0 aromatic heterocycles. The van der Waals surface area contributed by atoms with E-state index < -0.39 is 0 Å². The second-order valence-corrected chi connectivity index (χ2v) is 1.73. The monoisotopic (exact) mass is 142 g/mol. The highest BCUT2D eigenvalue weighted by molar-refractivity contribution is 7.35. The molecule has 0 N–H and O–H groups in total. The standard InChI is InChI=1S/C2H7P.BrH/c1-3-2;/h3H,1-2H3;1H. The summed E-state index contributed by atoms with van der Waals surface area (Å²) in [5.41, 5.74) is 0. The molecule has 0 aliphatic rings. The van der Waals surface area contributed by atoms with Crippen molar-refractivity contribution in [2.75, 3.05) is 13.3 Å². The van der Waals surface area contributed by atoms with E-state index in [9.17, 15) is 0 Å². The number of rotatable bonds is 0. The summed E-state index contributed by atoms with van der Waals surface area (Å²) in [4.78, 5) is 0. The molecule has 0 radical (unpaired) electrons. The molecule has 0 saturated carbocycles. The SMILES string of the molecule is C[PH2+]C.[Br-]. The van der Waals surface area contributed by atoms with E-state index >= 15 is 0 Å². The highest BCUT2D eigenvalue weighted by Gasteiger charge is 1.43. The molecule has 0 heterocycles. The van der Waals surface area contributed by atoms with Crippen molar-refractivity contribution in [2.45, 2.75) is 0 Å². The van der Waals surface area contributed by atoms with Crippen molar-refractivity contribution in [3.05, 3.63) is 0 Å². The van der Waals surface area contributed by atoms with E-state index in [1.165, 1.54) is 0 Å². The van der Waals surface area contributed by atoms with Gasteiger partial charge in [-0.15, -0.1) is 0 Å². The molecule has 0 nitrogen and oxygen atoms in total. The molecular formula is C2H8BrP. The molecule has 0 unspecified atom stereocenters. The summed E-state index contributed by atoms with van der Waals surface area (Å²) in [7, 11) is 0.750. The van der Waals surface area contributed by atoms with Crippen LogP contribution in [0.4, 0.5) is 0 Å². The van der Waals surface area contributed by atoms with E-state index in [0.29, 0.717) is 0 Å². The predicted octanol–water partition coefficient (Wildman–Crippen LogP) is -2.34. The van der Waals surface area contributed by atoms with Crippen molar-refractivity contribution < 1.29 is 17.0 Å². The van der Waals surface area contributed by atoms with Crippen LogP contribution < -0.4 is 17.0 Å². The molecule has 0 bridgehead atoms. The third-order valence-corrected chi connectivity index (χ3v) is 0. The molecule has 28 valence electrons. The van der Waals surface area contributed by atoms with Crippen molar-refractivity contribution in [1.82, 2.24) is 0 Å². The van der Waals surface area contributed by atoms with Crippen molar-refractivity contribution in [2.24, 2.45) is 0 Å². The zero-order valence-corrected chi connectivity index (χ0v) is 5.70. The van der Waals surface area contributed by atoms with E-state index in [1.807, 2.05) is 0 Å². The smallest absolute Gasteiger partial charge is 0.0441 e. The molecule has 0 atom stereocenters. The molecule has 0 aromatic carbocycles. The van der Waals surface area contributed by atoms with Crippen LogP contribution in [0.2, 0.25) is 0 Å². The maximum Gasteiger partial charge on any atom is 0.0441 e. The lowest BCUT2D eigenvalue weighted by Crippen LogP contribution is -3.00. The van der Waals surface area contributed by atoms with Crippen LogP contribution in [0.1, 0.15) is 0 Å². The van der Waals surface area contributed by atoms with Gasteiger partial charge in [-0.05, 0) is 8.58 Å². The van der Waals surface area contributed by atoms with Crippen molar-refractivity contribution in [3.8, 4) is 0 Å². The first-order chi connectivity index (χ1) is 1.41. The maximum atomic E-state index is 2.21. The fraction of sp³-hybridized carbons (Fsp3) is 1.00. The Labute approximate surface area is 39.5 Å². The minimum Gasteiger partial charge on any atom is -1.00 e. The molecule has 0 fully saturated rings. The molecule has 0 aromatic rings. The van der Waals surface area contributed by atoms with Gasteiger partial charge in [0, 0.05) is 13.3 Å². The summed E-state index contributed by atoms with van der Waals surface area (Å²) in [5.74, 6) is 0. The van der Waals surface area contributed by atoms with E-state index in [-0.39, 0.29) is 17.0 Å². The van der Waals surface area contributed by atoms with Gasteiger partial charge in [0.1, 0.15) is 0 Å². The first-order valence-corrected chi connectivity index (χ1v) is 3.46. The van der Waals surface area contributed by atoms with Crippen molar-refractivity contribution in [3.63, 3.8) is 0 Å². The Balaban J connectivity index is 0. The number of halogens is 1. The van der Waals surface area contributed by atoms with Crippen LogP contribution in [0.15, 0.2) is 0 Å². The fourth-order valence-corrected chi connectivity index (χ4v) is 0. The fourth-order valence-electron chi connectivity index (χ4n) is 0. The van der Waals surface area contributed by atoms with Gasteiger partial charge in [0.2, 0.25) is 0 Å². The van der Waals surface area contributed by atoms with Crippen LogP contribution in [-0.4, -0.2) is 13.3 Å². The Morgan fingerprint density at radius 3 is 1.25 bits per heavy atom. The van der Waals surface area contributed by atoms with Gasteiger partial charge in [0.05, 0.1) is 0 Å². The largest absolute Gasteiger partial charge is 1.00 e. The van der Waals surface area contributed by atoms with Crippen molar-refractivity contribution >= 4 is 8.58 Å². The van der Waals surface area contributed by atoms with Gasteiger partial charge < -0.3 is 17.0 Å². The van der Waals surface area contributed by atoms with Gasteiger partial charge in [0.25, 0.3) is 0 Å². The van der Waals surface area contributed by atoms with Crippen LogP contribution in [0.3, 0.4) is 0 Å². The van der Waals surface area contributed by atoms with Gasteiger partial charge in [-0.1, -0.05) is 0 Å². The van der Waals surface area contributed by atoms with E-state index in [2.05, 4.69) is 13.3 Å². The molecule has 0 spiro atoms. The zero-order valence-electron chi connectivity index (χ0n) is 2.96. The Bertz CT molecular complexity index is 6.00. The first-order valence-electron chi connectivity index (χ1n) is 1.15. The third-order valence-electron chi connectivity index (χ3n) is 0. The van der Waals surface area contributed by atoms with E-state index in [4.69, 9.17) is 0 Å². The normalized spacial score (nSPS) is 4.50. The van der Waals surface area contributed by atoms with Gasteiger partial charge in [0.15, 0.2) is 0 Å². The second-order valence-electron chi connectivity index (χ2n) is 0.577. The minimum atomic E-state index is 0. The summed E-state index contributed by atoms with van der Waals surface area (Å²) >= 11 is 0. The summed E-state index contributed by atoms with van der Waals surface area (Å²) in [5, 5.41) is 0. The lowest BCUT2D eigenvalue weighted by Gasteiger charge is -1.40. The van der Waals surface area contributed by atoms with Crippen LogP contribution in [-0.2, 0) is 0 Å². The maximum absolute atomic E-state index is 2.21. The summed E-state index contributed by atoms with van der Waals surface area (Å²) in [6.45, 7) is 4.42. The number of hydrogen-bond acceptors (Lipinski definition) is 0. The summed E-state index contributed by atoms with van der Waals surface area (Å²) < 4.78 is 0.